The Morgan fingerprint density at radius 3 is 2.50 bits per heavy atom. The highest BCUT2D eigenvalue weighted by Gasteiger charge is 2.43. The number of carbonyl (C=O) groups excluding carboxylic acids is 2. The van der Waals surface area contributed by atoms with Crippen molar-refractivity contribution in [1.29, 1.82) is 0 Å². The number of aryl methyl sites for hydroxylation is 1. The Bertz CT molecular complexity index is 1500. The molecular weight excluding hydrogens is 430 g/mol. The fraction of sp³-hybridized carbons (Fsp3) is 0.179. The average Bonchev–Trinajstić information content (AvgIpc) is 3.12. The van der Waals surface area contributed by atoms with Crippen LogP contribution in [0.2, 0.25) is 0 Å². The highest BCUT2D eigenvalue weighted by molar-refractivity contribution is 6.11. The molecule has 0 saturated carbocycles. The second-order valence-electron chi connectivity index (χ2n) is 8.36. The fourth-order valence-electron chi connectivity index (χ4n) is 4.47. The van der Waals surface area contributed by atoms with E-state index in [0.29, 0.717) is 40.1 Å². The summed E-state index contributed by atoms with van der Waals surface area (Å²) in [5.74, 6) is 0.205. The van der Waals surface area contributed by atoms with Crippen molar-refractivity contribution in [2.45, 2.75) is 26.8 Å². The van der Waals surface area contributed by atoms with Crippen LogP contribution >= 0.6 is 0 Å². The fourth-order valence-corrected chi connectivity index (χ4v) is 4.47. The van der Waals surface area contributed by atoms with Crippen molar-refractivity contribution in [2.24, 2.45) is 0 Å². The molecule has 5 rings (SSSR count). The normalized spacial score (nSPS) is 15.0. The number of fused-ring (bicyclic) bond motifs is 2. The summed E-state index contributed by atoms with van der Waals surface area (Å²) in [6, 6.07) is 18.8. The average molecular weight is 453 g/mol. The minimum atomic E-state index is -0.702. The molecule has 0 aliphatic carbocycles. The van der Waals surface area contributed by atoms with Gasteiger partial charge in [0.2, 0.25) is 5.76 Å². The molecule has 0 bridgehead atoms. The number of nitrogens with zero attached hydrogens (tertiary/aromatic N) is 1. The Hall–Kier alpha value is -4.19. The van der Waals surface area contributed by atoms with Crippen LogP contribution in [0.15, 0.2) is 75.9 Å². The van der Waals surface area contributed by atoms with Crippen molar-refractivity contribution >= 4 is 28.3 Å². The molecule has 1 aromatic heterocycles. The monoisotopic (exact) mass is 453 g/mol. The topological polar surface area (TPSA) is 76.8 Å². The van der Waals surface area contributed by atoms with Gasteiger partial charge in [-0.15, -0.1) is 0 Å². The number of anilines is 1. The van der Waals surface area contributed by atoms with Gasteiger partial charge in [-0.25, -0.2) is 0 Å². The maximum absolute atomic E-state index is 13.7. The maximum Gasteiger partial charge on any atom is 0.295 e. The smallest absolute Gasteiger partial charge is 0.295 e. The lowest BCUT2D eigenvalue weighted by Crippen LogP contribution is -2.29. The van der Waals surface area contributed by atoms with E-state index in [2.05, 4.69) is 0 Å². The number of ketones is 1. The Balaban J connectivity index is 1.76. The van der Waals surface area contributed by atoms with Gasteiger partial charge in [0.1, 0.15) is 11.3 Å². The molecule has 1 atom stereocenters. The summed E-state index contributed by atoms with van der Waals surface area (Å²) in [5, 5.41) is 0.436. The number of benzene rings is 3. The van der Waals surface area contributed by atoms with Crippen LogP contribution in [0.5, 0.6) is 5.75 Å². The second-order valence-corrected chi connectivity index (χ2v) is 8.36. The minimum absolute atomic E-state index is 0.0313. The lowest BCUT2D eigenvalue weighted by atomic mass is 9.97. The minimum Gasteiger partial charge on any atom is -0.494 e. The Morgan fingerprint density at radius 1 is 1.03 bits per heavy atom. The van der Waals surface area contributed by atoms with Crippen molar-refractivity contribution in [3.8, 4) is 5.75 Å². The van der Waals surface area contributed by atoms with Gasteiger partial charge in [0.15, 0.2) is 11.2 Å². The van der Waals surface area contributed by atoms with Crippen LogP contribution < -0.4 is 15.1 Å². The van der Waals surface area contributed by atoms with Crippen LogP contribution in [-0.4, -0.2) is 18.3 Å². The van der Waals surface area contributed by atoms with Crippen molar-refractivity contribution in [3.05, 3.63) is 105 Å². The summed E-state index contributed by atoms with van der Waals surface area (Å²) in [6.07, 6.45) is 0. The van der Waals surface area contributed by atoms with E-state index in [4.69, 9.17) is 9.15 Å². The highest BCUT2D eigenvalue weighted by Crippen LogP contribution is 2.42. The van der Waals surface area contributed by atoms with E-state index in [-0.39, 0.29) is 17.0 Å². The number of hydrogen-bond acceptors (Lipinski definition) is 5. The van der Waals surface area contributed by atoms with E-state index in [1.165, 1.54) is 6.92 Å². The van der Waals surface area contributed by atoms with E-state index < -0.39 is 11.9 Å². The number of ether oxygens (including phenoxy) is 1. The van der Waals surface area contributed by atoms with Crippen LogP contribution in [0.1, 0.15) is 57.5 Å². The Morgan fingerprint density at radius 2 is 1.79 bits per heavy atom. The quantitative estimate of drug-likeness (QED) is 0.376. The van der Waals surface area contributed by atoms with E-state index in [0.717, 1.165) is 11.1 Å². The predicted molar refractivity (Wildman–Crippen MR) is 130 cm³/mol. The molecule has 170 valence electrons. The largest absolute Gasteiger partial charge is 0.494 e. The zero-order valence-corrected chi connectivity index (χ0v) is 19.1. The first-order valence-corrected chi connectivity index (χ1v) is 11.1. The summed E-state index contributed by atoms with van der Waals surface area (Å²) in [4.78, 5) is 40.7. The van der Waals surface area contributed by atoms with Crippen LogP contribution in [0.3, 0.4) is 0 Å². The summed E-state index contributed by atoms with van der Waals surface area (Å²) in [7, 11) is 0. The number of hydrogen-bond donors (Lipinski definition) is 0. The van der Waals surface area contributed by atoms with Gasteiger partial charge in [0, 0.05) is 11.3 Å². The van der Waals surface area contributed by atoms with Gasteiger partial charge in [-0.1, -0.05) is 23.8 Å². The molecule has 34 heavy (non-hydrogen) atoms. The first kappa shape index (κ1) is 21.6. The third-order valence-electron chi connectivity index (χ3n) is 6.06. The van der Waals surface area contributed by atoms with Gasteiger partial charge in [-0.2, -0.15) is 0 Å². The van der Waals surface area contributed by atoms with E-state index >= 15 is 0 Å². The van der Waals surface area contributed by atoms with Crippen molar-refractivity contribution < 1.29 is 18.7 Å². The number of rotatable bonds is 5. The van der Waals surface area contributed by atoms with Crippen LogP contribution in [0, 0.1) is 6.92 Å². The molecule has 3 aromatic carbocycles. The van der Waals surface area contributed by atoms with Crippen LogP contribution in [0.4, 0.5) is 5.69 Å². The summed E-state index contributed by atoms with van der Waals surface area (Å²) in [5.41, 5.74) is 3.20. The molecule has 1 aliphatic rings. The first-order valence-electron chi connectivity index (χ1n) is 11.1. The molecule has 1 aliphatic heterocycles. The summed E-state index contributed by atoms with van der Waals surface area (Å²) >= 11 is 0. The van der Waals surface area contributed by atoms with Crippen molar-refractivity contribution in [2.75, 3.05) is 11.5 Å². The zero-order chi connectivity index (χ0) is 24.0. The lowest BCUT2D eigenvalue weighted by molar-refractivity contribution is 0.0970. The molecule has 1 amide bonds. The Kier molecular flexibility index (Phi) is 5.28. The van der Waals surface area contributed by atoms with Crippen molar-refractivity contribution in [3.63, 3.8) is 0 Å². The highest BCUT2D eigenvalue weighted by atomic mass is 16.5. The first-order chi connectivity index (χ1) is 16.4. The van der Waals surface area contributed by atoms with Gasteiger partial charge in [-0.05, 0) is 74.9 Å². The lowest BCUT2D eigenvalue weighted by Gasteiger charge is -2.25. The van der Waals surface area contributed by atoms with E-state index in [1.54, 1.807) is 41.3 Å². The molecule has 0 spiro atoms. The second kappa shape index (κ2) is 8.30. The van der Waals surface area contributed by atoms with Gasteiger partial charge in [0.05, 0.1) is 23.6 Å². The number of amides is 1. The Labute approximate surface area is 196 Å². The van der Waals surface area contributed by atoms with Crippen molar-refractivity contribution in [1.82, 2.24) is 0 Å². The molecule has 1 unspecified atom stereocenters. The van der Waals surface area contributed by atoms with E-state index in [1.807, 2.05) is 44.2 Å². The molecule has 0 saturated heterocycles. The van der Waals surface area contributed by atoms with Gasteiger partial charge in [-0.3, -0.25) is 19.3 Å². The molecule has 4 aromatic rings. The van der Waals surface area contributed by atoms with E-state index in [9.17, 15) is 14.4 Å². The number of carbonyl (C=O) groups is 2. The van der Waals surface area contributed by atoms with Gasteiger partial charge >= 0.3 is 0 Å². The molecular formula is C28H23NO5. The SMILES string of the molecule is CCOc1cccc(C2c3c(oc4ccc(C)cc4c3=O)C(=O)N2c2ccc(C(C)=O)cc2)c1. The standard InChI is InChI=1S/C28H23NO5/c1-4-33-21-7-5-6-19(15-21)25-24-26(31)22-14-16(2)8-13-23(22)34-27(24)28(32)29(25)20-11-9-18(10-12-20)17(3)30/h5-15,25H,4H2,1-3H3. The molecule has 0 radical (unpaired) electrons. The zero-order valence-electron chi connectivity index (χ0n) is 19.1. The van der Waals surface area contributed by atoms with Gasteiger partial charge < -0.3 is 9.15 Å². The van der Waals surface area contributed by atoms with Gasteiger partial charge in [0.25, 0.3) is 5.91 Å². The molecule has 0 fully saturated rings. The molecule has 6 nitrogen and oxygen atoms in total. The third kappa shape index (κ3) is 3.48. The molecule has 2 heterocycles. The summed E-state index contributed by atoms with van der Waals surface area (Å²) in [6.45, 7) is 5.78. The van der Waals surface area contributed by atoms with Crippen LogP contribution in [-0.2, 0) is 0 Å². The molecule has 0 N–H and O–H groups in total. The molecule has 6 heteroatoms. The summed E-state index contributed by atoms with van der Waals surface area (Å²) < 4.78 is 11.7. The van der Waals surface area contributed by atoms with Crippen LogP contribution in [0.25, 0.3) is 11.0 Å². The number of Topliss-reactive ketones (excluding diaryl/α,β-unsaturated/α-hetero) is 1. The third-order valence-corrected chi connectivity index (χ3v) is 6.06. The maximum atomic E-state index is 13.7. The predicted octanol–water partition coefficient (Wildman–Crippen LogP) is 5.45.